The largest absolute Gasteiger partial charge is 0.493 e. The van der Waals surface area contributed by atoms with Crippen LogP contribution in [0.1, 0.15) is 5.56 Å². The van der Waals surface area contributed by atoms with E-state index in [1.165, 1.54) is 0 Å². The molecule has 0 radical (unpaired) electrons. The van der Waals surface area contributed by atoms with Crippen molar-refractivity contribution in [2.75, 3.05) is 40.9 Å². The van der Waals surface area contributed by atoms with Gasteiger partial charge in [-0.2, -0.15) is 0 Å². The lowest BCUT2D eigenvalue weighted by atomic mass is 10.2. The molecule has 104 valence electrons. The maximum atomic E-state index is 5.40. The van der Waals surface area contributed by atoms with Crippen molar-refractivity contribution in [1.82, 2.24) is 10.2 Å². The minimum Gasteiger partial charge on any atom is -0.493 e. The summed E-state index contributed by atoms with van der Waals surface area (Å²) in [5.41, 5.74) is 1.16. The summed E-state index contributed by atoms with van der Waals surface area (Å²) in [4.78, 5) is 2.14. The summed E-state index contributed by atoms with van der Waals surface area (Å²) in [6.07, 6.45) is 5.17. The molecule has 0 fully saturated rings. The smallest absolute Gasteiger partial charge is 0.162 e. The Morgan fingerprint density at radius 3 is 2.74 bits per heavy atom. The van der Waals surface area contributed by atoms with E-state index >= 15 is 0 Å². The van der Waals surface area contributed by atoms with E-state index in [1.54, 1.807) is 7.11 Å². The Hall–Kier alpha value is -1.70. The van der Waals surface area contributed by atoms with Crippen molar-refractivity contribution in [3.63, 3.8) is 0 Å². The maximum absolute atomic E-state index is 5.40. The summed E-state index contributed by atoms with van der Waals surface area (Å²) in [5.74, 6) is 3.83. The molecule has 1 aromatic rings. The number of nitrogens with one attached hydrogen (secondary N) is 1. The molecule has 4 heteroatoms. The molecule has 1 aromatic carbocycles. The number of ether oxygens (including phenoxy) is 2. The van der Waals surface area contributed by atoms with Gasteiger partial charge < -0.3 is 19.7 Å². The summed E-state index contributed by atoms with van der Waals surface area (Å²) in [6.45, 7) is 3.02. The average Bonchev–Trinajstić information content (AvgIpc) is 2.41. The Kier molecular flexibility index (Phi) is 6.80. The van der Waals surface area contributed by atoms with Crippen LogP contribution in [0.25, 0.3) is 0 Å². The fourth-order valence-electron chi connectivity index (χ4n) is 1.60. The molecule has 0 aliphatic rings. The number of nitrogens with zero attached hydrogens (tertiary/aromatic N) is 1. The number of benzene rings is 1. The number of rotatable bonds is 8. The average molecular weight is 262 g/mol. The van der Waals surface area contributed by atoms with E-state index in [0.717, 1.165) is 25.2 Å². The Balaban J connectivity index is 2.54. The van der Waals surface area contributed by atoms with Crippen LogP contribution in [-0.4, -0.2) is 45.8 Å². The predicted molar refractivity (Wildman–Crippen MR) is 77.6 cm³/mol. The monoisotopic (exact) mass is 262 g/mol. The summed E-state index contributed by atoms with van der Waals surface area (Å²) in [6, 6.07) is 5.87. The number of hydrogen-bond acceptors (Lipinski definition) is 4. The van der Waals surface area contributed by atoms with Crippen LogP contribution in [0.3, 0.4) is 0 Å². The molecule has 0 unspecified atom stereocenters. The molecule has 0 saturated carbocycles. The molecule has 0 spiro atoms. The molecule has 0 heterocycles. The third kappa shape index (κ3) is 5.64. The highest BCUT2D eigenvalue weighted by Gasteiger charge is 2.05. The second kappa shape index (κ2) is 8.41. The lowest BCUT2D eigenvalue weighted by molar-refractivity contribution is 0.330. The molecule has 0 aromatic heterocycles. The predicted octanol–water partition coefficient (Wildman–Crippen LogP) is 1.36. The van der Waals surface area contributed by atoms with Crippen LogP contribution in [0.2, 0.25) is 0 Å². The fraction of sp³-hybridized carbons (Fsp3) is 0.467. The highest BCUT2D eigenvalue weighted by molar-refractivity contribution is 5.43. The molecule has 1 rings (SSSR count). The summed E-state index contributed by atoms with van der Waals surface area (Å²) in [7, 11) is 5.74. The van der Waals surface area contributed by atoms with Crippen LogP contribution in [-0.2, 0) is 6.54 Å². The van der Waals surface area contributed by atoms with Crippen molar-refractivity contribution in [1.29, 1.82) is 0 Å². The minimum atomic E-state index is 0.247. The van der Waals surface area contributed by atoms with Gasteiger partial charge in [0.1, 0.15) is 6.61 Å². The van der Waals surface area contributed by atoms with Crippen molar-refractivity contribution < 1.29 is 9.47 Å². The van der Waals surface area contributed by atoms with Gasteiger partial charge in [-0.15, -0.1) is 6.42 Å². The zero-order valence-electron chi connectivity index (χ0n) is 11.9. The summed E-state index contributed by atoms with van der Waals surface area (Å²) >= 11 is 0. The van der Waals surface area contributed by atoms with Gasteiger partial charge in [0.2, 0.25) is 0 Å². The van der Waals surface area contributed by atoms with E-state index < -0.39 is 0 Å². The van der Waals surface area contributed by atoms with Crippen molar-refractivity contribution in [2.24, 2.45) is 0 Å². The molecular formula is C15H22N2O2. The molecule has 0 aliphatic carbocycles. The quantitative estimate of drug-likeness (QED) is 0.566. The molecule has 0 atom stereocenters. The van der Waals surface area contributed by atoms with E-state index in [9.17, 15) is 0 Å². The van der Waals surface area contributed by atoms with Crippen LogP contribution in [0.5, 0.6) is 11.5 Å². The first-order valence-electron chi connectivity index (χ1n) is 6.26. The Bertz CT molecular complexity index is 425. The third-order valence-corrected chi connectivity index (χ3v) is 2.60. The Labute approximate surface area is 115 Å². The lowest BCUT2D eigenvalue weighted by Gasteiger charge is -2.12. The van der Waals surface area contributed by atoms with Gasteiger partial charge in [0, 0.05) is 19.6 Å². The SMILES string of the molecule is C#CCOc1ccc(CNCCN(C)C)cc1OC. The van der Waals surface area contributed by atoms with Gasteiger partial charge in [0.25, 0.3) is 0 Å². The summed E-state index contributed by atoms with van der Waals surface area (Å²) in [5, 5.41) is 3.38. The zero-order valence-corrected chi connectivity index (χ0v) is 11.9. The number of likely N-dealkylation sites (N-methyl/N-ethyl adjacent to an activating group) is 1. The highest BCUT2D eigenvalue weighted by atomic mass is 16.5. The Morgan fingerprint density at radius 1 is 1.32 bits per heavy atom. The first-order chi connectivity index (χ1) is 9.17. The van der Waals surface area contributed by atoms with Gasteiger partial charge in [-0.25, -0.2) is 0 Å². The second-order valence-corrected chi connectivity index (χ2v) is 4.46. The van der Waals surface area contributed by atoms with Gasteiger partial charge in [-0.3, -0.25) is 0 Å². The van der Waals surface area contributed by atoms with Crippen LogP contribution < -0.4 is 14.8 Å². The molecule has 0 bridgehead atoms. The van der Waals surface area contributed by atoms with E-state index in [0.29, 0.717) is 11.5 Å². The maximum Gasteiger partial charge on any atom is 0.162 e. The van der Waals surface area contributed by atoms with Gasteiger partial charge in [-0.05, 0) is 31.8 Å². The highest BCUT2D eigenvalue weighted by Crippen LogP contribution is 2.27. The molecule has 4 nitrogen and oxygen atoms in total. The van der Waals surface area contributed by atoms with E-state index in [2.05, 4.69) is 30.2 Å². The van der Waals surface area contributed by atoms with Crippen molar-refractivity contribution in [3.8, 4) is 23.8 Å². The summed E-state index contributed by atoms with van der Waals surface area (Å²) < 4.78 is 10.7. The van der Waals surface area contributed by atoms with Crippen LogP contribution in [0.15, 0.2) is 18.2 Å². The van der Waals surface area contributed by atoms with Gasteiger partial charge in [-0.1, -0.05) is 12.0 Å². The third-order valence-electron chi connectivity index (χ3n) is 2.60. The van der Waals surface area contributed by atoms with Crippen LogP contribution in [0.4, 0.5) is 0 Å². The molecule has 0 amide bonds. The van der Waals surface area contributed by atoms with Gasteiger partial charge in [0.05, 0.1) is 7.11 Å². The first-order valence-corrected chi connectivity index (χ1v) is 6.26. The standard InChI is InChI=1S/C15H22N2O2/c1-5-10-19-14-7-6-13(11-15(14)18-4)12-16-8-9-17(2)3/h1,6-7,11,16H,8-10,12H2,2-4H3. The Morgan fingerprint density at radius 2 is 2.11 bits per heavy atom. The molecule has 0 saturated heterocycles. The van der Waals surface area contributed by atoms with E-state index in [1.807, 2.05) is 18.2 Å². The zero-order chi connectivity index (χ0) is 14.1. The van der Waals surface area contributed by atoms with Crippen molar-refractivity contribution in [2.45, 2.75) is 6.54 Å². The number of hydrogen-bond donors (Lipinski definition) is 1. The van der Waals surface area contributed by atoms with E-state index in [-0.39, 0.29) is 6.61 Å². The minimum absolute atomic E-state index is 0.247. The number of terminal acetylenes is 1. The molecule has 19 heavy (non-hydrogen) atoms. The molecule has 1 N–H and O–H groups in total. The van der Waals surface area contributed by atoms with E-state index in [4.69, 9.17) is 15.9 Å². The second-order valence-electron chi connectivity index (χ2n) is 4.46. The van der Waals surface area contributed by atoms with Crippen LogP contribution in [0, 0.1) is 12.3 Å². The van der Waals surface area contributed by atoms with Crippen LogP contribution >= 0.6 is 0 Å². The molecule has 0 aliphatic heterocycles. The van der Waals surface area contributed by atoms with Crippen molar-refractivity contribution in [3.05, 3.63) is 23.8 Å². The van der Waals surface area contributed by atoms with Gasteiger partial charge >= 0.3 is 0 Å². The molecular weight excluding hydrogens is 240 g/mol. The first kappa shape index (κ1) is 15.4. The number of methoxy groups -OCH3 is 1. The topological polar surface area (TPSA) is 33.7 Å². The fourth-order valence-corrected chi connectivity index (χ4v) is 1.60. The lowest BCUT2D eigenvalue weighted by Crippen LogP contribution is -2.26. The normalized spacial score (nSPS) is 10.3. The van der Waals surface area contributed by atoms with Gasteiger partial charge in [0.15, 0.2) is 11.5 Å². The van der Waals surface area contributed by atoms with Crippen molar-refractivity contribution >= 4 is 0 Å².